The number of halogens is 1. The molecule has 0 fully saturated rings. The van der Waals surface area contributed by atoms with E-state index in [-0.39, 0.29) is 12.3 Å². The van der Waals surface area contributed by atoms with E-state index in [9.17, 15) is 9.90 Å². The van der Waals surface area contributed by atoms with Gasteiger partial charge >= 0.3 is 5.97 Å². The van der Waals surface area contributed by atoms with Crippen molar-refractivity contribution in [2.75, 3.05) is 6.61 Å². The predicted octanol–water partition coefficient (Wildman–Crippen LogP) is 0.744. The number of carbonyl (C=O) groups is 1. The van der Waals surface area contributed by atoms with Crippen LogP contribution < -0.4 is 0 Å². The lowest BCUT2D eigenvalue weighted by molar-refractivity contribution is -0.135. The molecule has 90 valence electrons. The molecular formula is C10H10BrN3O3. The first kappa shape index (κ1) is 12.0. The van der Waals surface area contributed by atoms with Gasteiger partial charge in [-0.1, -0.05) is 15.9 Å². The van der Waals surface area contributed by atoms with Crippen molar-refractivity contribution in [2.24, 2.45) is 10.2 Å². The fraction of sp³-hybridized carbons (Fsp3) is 0.300. The maximum atomic E-state index is 11.5. The van der Waals surface area contributed by atoms with Crippen molar-refractivity contribution in [3.8, 4) is 0 Å². The minimum atomic E-state index is -1.17. The van der Waals surface area contributed by atoms with Crippen molar-refractivity contribution in [3.63, 3.8) is 0 Å². The number of nitrogens with zero attached hydrogens (tertiary/aromatic N) is 3. The standard InChI is InChI=1S/C10H10BrN3O3/c1-2-17-10(16)8-9(15)14-4-3-6(11)5-7(14)12-13-8/h3-5,9,15H,2H2,1H3/t9-/m0/s1. The highest BCUT2D eigenvalue weighted by Crippen LogP contribution is 2.19. The molecule has 0 aliphatic carbocycles. The van der Waals surface area contributed by atoms with Crippen molar-refractivity contribution in [1.82, 2.24) is 4.90 Å². The highest BCUT2D eigenvalue weighted by Gasteiger charge is 2.32. The van der Waals surface area contributed by atoms with Crippen molar-refractivity contribution < 1.29 is 14.6 Å². The number of hydrogen-bond acceptors (Lipinski definition) is 6. The van der Waals surface area contributed by atoms with E-state index >= 15 is 0 Å². The Morgan fingerprint density at radius 3 is 3.12 bits per heavy atom. The van der Waals surface area contributed by atoms with Crippen LogP contribution in [0.15, 0.2) is 33.0 Å². The SMILES string of the molecule is CCOC(=O)C1=NN=C2C=C(Br)C=CN2[C@H]1O. The third-order valence-corrected chi connectivity index (χ3v) is 2.67. The minimum absolute atomic E-state index is 0.119. The smallest absolute Gasteiger partial charge is 0.359 e. The molecule has 0 spiro atoms. The van der Waals surface area contributed by atoms with Gasteiger partial charge in [-0.25, -0.2) is 4.79 Å². The molecule has 0 bridgehead atoms. The summed E-state index contributed by atoms with van der Waals surface area (Å²) in [5.74, 6) is -0.204. The molecule has 2 aliphatic rings. The van der Waals surface area contributed by atoms with E-state index < -0.39 is 12.2 Å². The van der Waals surface area contributed by atoms with Gasteiger partial charge in [0.1, 0.15) is 0 Å². The Kier molecular flexibility index (Phi) is 3.39. The topological polar surface area (TPSA) is 74.5 Å². The van der Waals surface area contributed by atoms with E-state index in [4.69, 9.17) is 4.74 Å². The van der Waals surface area contributed by atoms with Crippen LogP contribution >= 0.6 is 15.9 Å². The first-order valence-electron chi connectivity index (χ1n) is 4.98. The normalized spacial score (nSPS) is 22.4. The molecule has 2 rings (SSSR count). The first-order valence-corrected chi connectivity index (χ1v) is 5.77. The second-order valence-electron chi connectivity index (χ2n) is 3.29. The Morgan fingerprint density at radius 2 is 2.41 bits per heavy atom. The molecule has 1 atom stereocenters. The number of hydrogen-bond donors (Lipinski definition) is 1. The molecule has 0 aromatic heterocycles. The average Bonchev–Trinajstić information content (AvgIpc) is 2.29. The lowest BCUT2D eigenvalue weighted by atomic mass is 10.2. The fourth-order valence-corrected chi connectivity index (χ4v) is 1.72. The molecule has 2 heterocycles. The van der Waals surface area contributed by atoms with Gasteiger partial charge in [-0.05, 0) is 19.1 Å². The molecule has 7 heteroatoms. The summed E-state index contributed by atoms with van der Waals surface area (Å²) < 4.78 is 5.59. The zero-order chi connectivity index (χ0) is 12.4. The summed E-state index contributed by atoms with van der Waals surface area (Å²) in [6, 6.07) is 0. The summed E-state index contributed by atoms with van der Waals surface area (Å²) in [4.78, 5) is 12.9. The molecule has 17 heavy (non-hydrogen) atoms. The van der Waals surface area contributed by atoms with Crippen molar-refractivity contribution in [2.45, 2.75) is 13.2 Å². The third-order valence-electron chi connectivity index (χ3n) is 2.18. The highest BCUT2D eigenvalue weighted by atomic mass is 79.9. The van der Waals surface area contributed by atoms with Gasteiger partial charge in [0.05, 0.1) is 6.61 Å². The van der Waals surface area contributed by atoms with Gasteiger partial charge in [0, 0.05) is 10.7 Å². The fourth-order valence-electron chi connectivity index (χ4n) is 1.40. The lowest BCUT2D eigenvalue weighted by Crippen LogP contribution is -2.47. The Balaban J connectivity index is 2.28. The number of esters is 1. The summed E-state index contributed by atoms with van der Waals surface area (Å²) in [6.07, 6.45) is 3.86. The number of rotatable bonds is 2. The van der Waals surface area contributed by atoms with E-state index in [0.29, 0.717) is 5.84 Å². The molecule has 0 unspecified atom stereocenters. The molecular weight excluding hydrogens is 290 g/mol. The maximum absolute atomic E-state index is 11.5. The van der Waals surface area contributed by atoms with Gasteiger partial charge in [0.2, 0.25) is 0 Å². The van der Waals surface area contributed by atoms with Crippen molar-refractivity contribution >= 4 is 33.4 Å². The van der Waals surface area contributed by atoms with Crippen LogP contribution in [-0.2, 0) is 9.53 Å². The van der Waals surface area contributed by atoms with Gasteiger partial charge in [0.25, 0.3) is 0 Å². The zero-order valence-electron chi connectivity index (χ0n) is 9.00. The maximum Gasteiger partial charge on any atom is 0.359 e. The Morgan fingerprint density at radius 1 is 1.65 bits per heavy atom. The Labute approximate surface area is 106 Å². The molecule has 2 aliphatic heterocycles. The highest BCUT2D eigenvalue weighted by molar-refractivity contribution is 9.11. The van der Waals surface area contributed by atoms with Crippen LogP contribution in [0.5, 0.6) is 0 Å². The first-order chi connectivity index (χ1) is 8.13. The van der Waals surface area contributed by atoms with E-state index in [1.807, 2.05) is 0 Å². The molecule has 0 aromatic rings. The van der Waals surface area contributed by atoms with Gasteiger partial charge in [-0.2, -0.15) is 0 Å². The molecule has 0 saturated heterocycles. The number of fused-ring (bicyclic) bond motifs is 1. The molecule has 0 aromatic carbocycles. The minimum Gasteiger partial charge on any atom is -0.461 e. The van der Waals surface area contributed by atoms with Crippen LogP contribution in [0.4, 0.5) is 0 Å². The molecule has 0 saturated carbocycles. The third kappa shape index (κ3) is 2.29. The Bertz CT molecular complexity index is 467. The van der Waals surface area contributed by atoms with Gasteiger partial charge in [0.15, 0.2) is 17.8 Å². The van der Waals surface area contributed by atoms with E-state index in [1.54, 1.807) is 25.3 Å². The summed E-state index contributed by atoms with van der Waals surface area (Å²) >= 11 is 3.28. The van der Waals surface area contributed by atoms with E-state index in [1.165, 1.54) is 4.90 Å². The number of carbonyl (C=O) groups excluding carboxylic acids is 1. The summed E-state index contributed by atoms with van der Waals surface area (Å²) in [6.45, 7) is 1.91. The van der Waals surface area contributed by atoms with Crippen LogP contribution in [-0.4, -0.2) is 40.4 Å². The Hall–Kier alpha value is -1.47. The molecule has 6 nitrogen and oxygen atoms in total. The second-order valence-corrected chi connectivity index (χ2v) is 4.21. The van der Waals surface area contributed by atoms with Crippen LogP contribution in [0.25, 0.3) is 0 Å². The van der Waals surface area contributed by atoms with Crippen LogP contribution in [0.3, 0.4) is 0 Å². The number of aliphatic hydroxyl groups is 1. The van der Waals surface area contributed by atoms with Crippen LogP contribution in [0.1, 0.15) is 6.92 Å². The number of amidine groups is 1. The quantitative estimate of drug-likeness (QED) is 0.763. The number of aliphatic hydroxyl groups excluding tert-OH is 1. The number of allylic oxidation sites excluding steroid dienone is 2. The summed E-state index contributed by atoms with van der Waals surface area (Å²) in [5.41, 5.74) is -0.119. The van der Waals surface area contributed by atoms with Crippen molar-refractivity contribution in [3.05, 3.63) is 22.8 Å². The second kappa shape index (κ2) is 4.80. The molecule has 1 N–H and O–H groups in total. The van der Waals surface area contributed by atoms with Gasteiger partial charge in [-0.3, -0.25) is 4.90 Å². The zero-order valence-corrected chi connectivity index (χ0v) is 10.6. The monoisotopic (exact) mass is 299 g/mol. The average molecular weight is 300 g/mol. The van der Waals surface area contributed by atoms with E-state index in [2.05, 4.69) is 26.1 Å². The van der Waals surface area contributed by atoms with Crippen LogP contribution in [0, 0.1) is 0 Å². The largest absolute Gasteiger partial charge is 0.461 e. The van der Waals surface area contributed by atoms with Crippen molar-refractivity contribution in [1.29, 1.82) is 0 Å². The molecule has 0 amide bonds. The van der Waals surface area contributed by atoms with E-state index in [0.717, 1.165) is 4.48 Å². The van der Waals surface area contributed by atoms with Gasteiger partial charge in [-0.15, -0.1) is 10.2 Å². The predicted molar refractivity (Wildman–Crippen MR) is 65.5 cm³/mol. The lowest BCUT2D eigenvalue weighted by Gasteiger charge is -2.29. The summed E-state index contributed by atoms with van der Waals surface area (Å²) in [7, 11) is 0. The number of ether oxygens (including phenoxy) is 1. The van der Waals surface area contributed by atoms with Crippen LogP contribution in [0.2, 0.25) is 0 Å². The van der Waals surface area contributed by atoms with Gasteiger partial charge < -0.3 is 9.84 Å². The molecule has 0 radical (unpaired) electrons. The summed E-state index contributed by atoms with van der Waals surface area (Å²) in [5, 5.41) is 17.5.